The number of para-hydroxylation sites is 3. The molecule has 12 aromatic rings. The molecule has 6 heterocycles. The molecule has 0 unspecified atom stereocenters. The number of furan rings is 3. The van der Waals surface area contributed by atoms with Crippen LogP contribution in [0.4, 0.5) is 11.4 Å². The third-order valence-corrected chi connectivity index (χ3v) is 13.1. The second kappa shape index (κ2) is 10.4. The van der Waals surface area contributed by atoms with E-state index in [1.165, 1.54) is 33.0 Å². The summed E-state index contributed by atoms with van der Waals surface area (Å²) in [7, 11) is 0. The predicted molar refractivity (Wildman–Crippen MR) is 240 cm³/mol. The van der Waals surface area contributed by atoms with Crippen molar-refractivity contribution in [2.75, 3.05) is 4.81 Å². The first-order valence-corrected chi connectivity index (χ1v) is 20.1. The Morgan fingerprint density at radius 3 is 1.81 bits per heavy atom. The summed E-state index contributed by atoms with van der Waals surface area (Å²) in [5, 5.41) is 9.03. The molecular formula is C52H33BN2O3. The van der Waals surface area contributed by atoms with Crippen LogP contribution in [-0.2, 0) is 5.41 Å². The summed E-state index contributed by atoms with van der Waals surface area (Å²) in [4.78, 5) is 2.59. The largest absolute Gasteiger partial charge is 0.456 e. The zero-order valence-corrected chi connectivity index (χ0v) is 32.1. The number of rotatable bonds is 1. The highest BCUT2D eigenvalue weighted by atomic mass is 16.3. The number of fused-ring (bicyclic) bond motifs is 18. The summed E-state index contributed by atoms with van der Waals surface area (Å²) >= 11 is 0. The van der Waals surface area contributed by atoms with Crippen LogP contribution in [0.5, 0.6) is 0 Å². The zero-order valence-electron chi connectivity index (χ0n) is 32.1. The number of hydrogen-bond acceptors (Lipinski definition) is 4. The van der Waals surface area contributed by atoms with E-state index in [-0.39, 0.29) is 12.3 Å². The maximum atomic E-state index is 6.80. The molecule has 2 aliphatic rings. The van der Waals surface area contributed by atoms with Crippen molar-refractivity contribution in [3.8, 4) is 16.8 Å². The van der Waals surface area contributed by atoms with Gasteiger partial charge in [0.15, 0.2) is 0 Å². The fraction of sp³-hybridized carbons (Fsp3) is 0.0769. The summed E-state index contributed by atoms with van der Waals surface area (Å²) in [6.45, 7) is 6.68. The lowest BCUT2D eigenvalue weighted by Gasteiger charge is -2.42. The summed E-state index contributed by atoms with van der Waals surface area (Å²) in [6, 6.07) is 53.0. The molecule has 0 spiro atoms. The summed E-state index contributed by atoms with van der Waals surface area (Å²) < 4.78 is 22.5. The molecule has 272 valence electrons. The van der Waals surface area contributed by atoms with E-state index in [1.807, 2.05) is 12.1 Å². The maximum absolute atomic E-state index is 6.80. The van der Waals surface area contributed by atoms with Crippen LogP contribution in [0.1, 0.15) is 26.3 Å². The van der Waals surface area contributed by atoms with E-state index in [0.29, 0.717) is 0 Å². The maximum Gasteiger partial charge on any atom is 0.333 e. The van der Waals surface area contributed by atoms with Crippen molar-refractivity contribution in [2.24, 2.45) is 0 Å². The van der Waals surface area contributed by atoms with Crippen LogP contribution in [0.2, 0.25) is 0 Å². The third kappa shape index (κ3) is 3.78. The first-order chi connectivity index (χ1) is 28.4. The highest BCUT2D eigenvalue weighted by Gasteiger charge is 2.45. The summed E-state index contributed by atoms with van der Waals surface area (Å²) in [5.41, 5.74) is 17.3. The minimum absolute atomic E-state index is 0.0211. The highest BCUT2D eigenvalue weighted by molar-refractivity contribution is 6.94. The Morgan fingerprint density at radius 1 is 0.483 bits per heavy atom. The van der Waals surface area contributed by atoms with Crippen LogP contribution in [-0.4, -0.2) is 11.4 Å². The fourth-order valence-electron chi connectivity index (χ4n) is 10.5. The Hall–Kier alpha value is -7.18. The number of anilines is 2. The monoisotopic (exact) mass is 744 g/mol. The molecule has 4 aromatic heterocycles. The van der Waals surface area contributed by atoms with E-state index in [0.717, 1.165) is 99.3 Å². The number of hydrogen-bond donors (Lipinski definition) is 0. The van der Waals surface area contributed by atoms with Crippen LogP contribution in [0.3, 0.4) is 0 Å². The lowest BCUT2D eigenvalue weighted by molar-refractivity contribution is 0.590. The van der Waals surface area contributed by atoms with Gasteiger partial charge in [0, 0.05) is 66.4 Å². The minimum Gasteiger partial charge on any atom is -0.456 e. The second-order valence-corrected chi connectivity index (χ2v) is 17.2. The van der Waals surface area contributed by atoms with Gasteiger partial charge in [0.05, 0.1) is 16.4 Å². The van der Waals surface area contributed by atoms with Crippen molar-refractivity contribution in [1.82, 2.24) is 4.57 Å². The van der Waals surface area contributed by atoms with Crippen LogP contribution in [0, 0.1) is 0 Å². The second-order valence-electron chi connectivity index (χ2n) is 17.2. The predicted octanol–water partition coefficient (Wildman–Crippen LogP) is 13.0. The van der Waals surface area contributed by atoms with Gasteiger partial charge in [-0.15, -0.1) is 0 Å². The molecule has 0 amide bonds. The molecule has 0 radical (unpaired) electrons. The van der Waals surface area contributed by atoms with Crippen molar-refractivity contribution in [3.05, 3.63) is 151 Å². The van der Waals surface area contributed by atoms with Crippen LogP contribution in [0.15, 0.2) is 159 Å². The normalized spacial score (nSPS) is 13.7. The third-order valence-electron chi connectivity index (χ3n) is 13.1. The van der Waals surface area contributed by atoms with Crippen LogP contribution in [0.25, 0.3) is 104 Å². The van der Waals surface area contributed by atoms with Crippen molar-refractivity contribution in [1.29, 1.82) is 0 Å². The molecule has 0 aliphatic carbocycles. The lowest BCUT2D eigenvalue weighted by atomic mass is 9.44. The van der Waals surface area contributed by atoms with Gasteiger partial charge in [0.25, 0.3) is 0 Å². The molecule has 0 saturated carbocycles. The molecule has 58 heavy (non-hydrogen) atoms. The van der Waals surface area contributed by atoms with Gasteiger partial charge in [-0.1, -0.05) is 106 Å². The molecule has 14 rings (SSSR count). The van der Waals surface area contributed by atoms with Crippen molar-refractivity contribution in [3.63, 3.8) is 0 Å². The van der Waals surface area contributed by atoms with Crippen molar-refractivity contribution < 1.29 is 13.3 Å². The Bertz CT molecular complexity index is 3800. The van der Waals surface area contributed by atoms with Crippen LogP contribution >= 0.6 is 0 Å². The van der Waals surface area contributed by atoms with E-state index in [4.69, 9.17) is 13.3 Å². The quantitative estimate of drug-likeness (QED) is 0.157. The molecule has 2 aliphatic heterocycles. The molecule has 8 aromatic carbocycles. The van der Waals surface area contributed by atoms with Crippen molar-refractivity contribution >= 4 is 117 Å². The van der Waals surface area contributed by atoms with E-state index in [1.54, 1.807) is 0 Å². The Kier molecular flexibility index (Phi) is 5.56. The minimum atomic E-state index is -0.154. The smallest absolute Gasteiger partial charge is 0.333 e. The van der Waals surface area contributed by atoms with Gasteiger partial charge in [-0.2, -0.15) is 0 Å². The first kappa shape index (κ1) is 31.0. The number of benzene rings is 8. The van der Waals surface area contributed by atoms with Gasteiger partial charge < -0.3 is 22.6 Å². The SMILES string of the molecule is CC(C)(C)c1ccc(N2B3c4cc5c(cc4-n4c6ccc7c8ccccc8oc7c6c6ccc(c3c64)-c3cc4oc6ccccc6c4cc32)oc2ccccc25)cc1. The molecule has 0 N–H and O–H groups in total. The van der Waals surface area contributed by atoms with E-state index < -0.39 is 0 Å². The zero-order chi connectivity index (χ0) is 38.2. The Morgan fingerprint density at radius 2 is 1.10 bits per heavy atom. The molecule has 0 fully saturated rings. The molecule has 6 heteroatoms. The van der Waals surface area contributed by atoms with Gasteiger partial charge >= 0.3 is 6.85 Å². The molecule has 0 saturated heterocycles. The van der Waals surface area contributed by atoms with E-state index >= 15 is 0 Å². The van der Waals surface area contributed by atoms with Gasteiger partial charge in [-0.3, -0.25) is 0 Å². The Labute approximate surface area is 332 Å². The fourth-order valence-corrected chi connectivity index (χ4v) is 10.5. The van der Waals surface area contributed by atoms with E-state index in [9.17, 15) is 0 Å². The summed E-state index contributed by atoms with van der Waals surface area (Å²) in [6.07, 6.45) is 0. The van der Waals surface area contributed by atoms with Gasteiger partial charge in [0.2, 0.25) is 0 Å². The lowest BCUT2D eigenvalue weighted by Crippen LogP contribution is -2.60. The molecule has 0 bridgehead atoms. The van der Waals surface area contributed by atoms with Gasteiger partial charge in [-0.25, -0.2) is 0 Å². The average molecular weight is 745 g/mol. The van der Waals surface area contributed by atoms with Crippen molar-refractivity contribution in [2.45, 2.75) is 26.2 Å². The van der Waals surface area contributed by atoms with Crippen LogP contribution < -0.4 is 15.7 Å². The van der Waals surface area contributed by atoms with Gasteiger partial charge in [-0.05, 0) is 82.1 Å². The van der Waals surface area contributed by atoms with E-state index in [2.05, 4.69) is 164 Å². The molecule has 5 nitrogen and oxygen atoms in total. The van der Waals surface area contributed by atoms with Gasteiger partial charge in [0.1, 0.15) is 33.5 Å². The number of nitrogens with zero attached hydrogens (tertiary/aromatic N) is 2. The first-order valence-electron chi connectivity index (χ1n) is 20.1. The highest BCUT2D eigenvalue weighted by Crippen LogP contribution is 2.49. The Balaban J connectivity index is 1.18. The number of aromatic nitrogens is 1. The topological polar surface area (TPSA) is 47.6 Å². The standard InChI is InChI=1S/C52H33BN2O3/c1-52(2,3)28-16-18-29(19-17-28)55-41-25-38-32-12-6-8-14-44(32)56-46(38)26-36(41)33-20-21-35-48-40(23-22-34-30-10-4-9-15-45(30)58-51(34)48)54-42-27-47-37(31-11-5-7-13-43(31)57-47)24-39(42)53(55)49(33)50(35)54/h4-27H,1-3H3. The summed E-state index contributed by atoms with van der Waals surface area (Å²) in [5.74, 6) is 0. The molecular weight excluding hydrogens is 711 g/mol. The average Bonchev–Trinajstić information content (AvgIpc) is 4.00. The molecule has 0 atom stereocenters.